The Labute approximate surface area is 194 Å². The lowest BCUT2D eigenvalue weighted by Crippen LogP contribution is -2.20. The number of amides is 1. The standard InChI is InChI=1S/C24H24N4O.2ClH/c29-24(28-20-9-7-17(8-10-20)23-25-11-2-12-26-23)19-4-1-3-18(13-19)21-14-22(21)27-15-16-5-6-16;;/h1-4,7-13,16,21-22,27H,5-6,14-15H2,(H,28,29);2*1H/t21-,22+;;/m0../s1. The molecule has 7 heteroatoms. The molecule has 2 saturated carbocycles. The summed E-state index contributed by atoms with van der Waals surface area (Å²) >= 11 is 0. The SMILES string of the molecule is Cl.Cl.O=C(Nc1ccc(-c2ncccn2)cc1)c1cccc([C@@H]2C[C@H]2NCC2CC2)c1. The maximum atomic E-state index is 12.7. The minimum Gasteiger partial charge on any atom is -0.322 e. The van der Waals surface area contributed by atoms with Gasteiger partial charge in [-0.25, -0.2) is 9.97 Å². The lowest BCUT2D eigenvalue weighted by atomic mass is 10.1. The van der Waals surface area contributed by atoms with Crippen molar-refractivity contribution in [2.45, 2.75) is 31.2 Å². The second-order valence-electron chi connectivity index (χ2n) is 8.03. The van der Waals surface area contributed by atoms with Gasteiger partial charge in [0.15, 0.2) is 5.82 Å². The second-order valence-corrected chi connectivity index (χ2v) is 8.03. The predicted octanol–water partition coefficient (Wildman–Crippen LogP) is 5.10. The summed E-state index contributed by atoms with van der Waals surface area (Å²) < 4.78 is 0. The maximum Gasteiger partial charge on any atom is 0.255 e. The number of benzene rings is 2. The molecule has 162 valence electrons. The number of nitrogens with one attached hydrogen (secondary N) is 2. The van der Waals surface area contributed by atoms with Crippen LogP contribution < -0.4 is 10.6 Å². The zero-order valence-electron chi connectivity index (χ0n) is 17.0. The Hall–Kier alpha value is -2.47. The normalized spacial score (nSPS) is 19.0. The van der Waals surface area contributed by atoms with Gasteiger partial charge in [-0.05, 0) is 79.8 Å². The largest absolute Gasteiger partial charge is 0.322 e. The van der Waals surface area contributed by atoms with Crippen LogP contribution in [-0.2, 0) is 0 Å². The first kappa shape index (κ1) is 23.2. The molecular weight excluding hydrogens is 431 g/mol. The summed E-state index contributed by atoms with van der Waals surface area (Å²) in [7, 11) is 0. The molecule has 1 heterocycles. The van der Waals surface area contributed by atoms with E-state index < -0.39 is 0 Å². The van der Waals surface area contributed by atoms with Crippen LogP contribution in [0.25, 0.3) is 11.4 Å². The fourth-order valence-electron chi connectivity index (χ4n) is 3.69. The number of rotatable bonds is 7. The van der Waals surface area contributed by atoms with Gasteiger partial charge in [-0.1, -0.05) is 12.1 Å². The van der Waals surface area contributed by atoms with Crippen molar-refractivity contribution in [3.05, 3.63) is 78.1 Å². The molecule has 0 bridgehead atoms. The summed E-state index contributed by atoms with van der Waals surface area (Å²) in [6, 6.07) is 18.0. The fraction of sp³-hybridized carbons (Fsp3) is 0.292. The van der Waals surface area contributed by atoms with Crippen LogP contribution in [0.1, 0.15) is 41.1 Å². The zero-order chi connectivity index (χ0) is 19.6. The first-order valence-corrected chi connectivity index (χ1v) is 10.3. The molecule has 1 aromatic heterocycles. The summed E-state index contributed by atoms with van der Waals surface area (Å²) in [5, 5.41) is 6.65. The maximum absolute atomic E-state index is 12.7. The molecular formula is C24H26Cl2N4O. The van der Waals surface area contributed by atoms with Gasteiger partial charge in [0, 0.05) is 41.2 Å². The first-order valence-electron chi connectivity index (χ1n) is 10.3. The van der Waals surface area contributed by atoms with Crippen molar-refractivity contribution in [3.63, 3.8) is 0 Å². The van der Waals surface area contributed by atoms with E-state index >= 15 is 0 Å². The molecule has 0 aliphatic heterocycles. The van der Waals surface area contributed by atoms with Crippen molar-refractivity contribution in [3.8, 4) is 11.4 Å². The van der Waals surface area contributed by atoms with E-state index in [1.165, 1.54) is 24.8 Å². The van der Waals surface area contributed by atoms with Crippen LogP contribution in [0.3, 0.4) is 0 Å². The van der Waals surface area contributed by atoms with Gasteiger partial charge in [-0.2, -0.15) is 0 Å². The third-order valence-electron chi connectivity index (χ3n) is 5.70. The summed E-state index contributed by atoms with van der Waals surface area (Å²) in [5.41, 5.74) is 3.63. The van der Waals surface area contributed by atoms with Crippen LogP contribution in [0.15, 0.2) is 67.0 Å². The van der Waals surface area contributed by atoms with Gasteiger partial charge in [0.2, 0.25) is 0 Å². The van der Waals surface area contributed by atoms with Crippen LogP contribution in [0.2, 0.25) is 0 Å². The topological polar surface area (TPSA) is 66.9 Å². The molecule has 2 aromatic carbocycles. The molecule has 2 atom stereocenters. The molecule has 3 aromatic rings. The summed E-state index contributed by atoms with van der Waals surface area (Å²) in [6.07, 6.45) is 7.35. The minimum atomic E-state index is -0.0845. The summed E-state index contributed by atoms with van der Waals surface area (Å²) in [5.74, 6) is 2.02. The van der Waals surface area contributed by atoms with Crippen molar-refractivity contribution >= 4 is 36.4 Å². The molecule has 5 nitrogen and oxygen atoms in total. The molecule has 2 aliphatic carbocycles. The van der Waals surface area contributed by atoms with Crippen LogP contribution in [0.5, 0.6) is 0 Å². The number of nitrogens with zero attached hydrogens (tertiary/aromatic N) is 2. The zero-order valence-corrected chi connectivity index (χ0v) is 18.7. The Morgan fingerprint density at radius 3 is 2.42 bits per heavy atom. The molecule has 2 aliphatic rings. The number of halogens is 2. The van der Waals surface area contributed by atoms with Gasteiger partial charge in [0.05, 0.1) is 0 Å². The lowest BCUT2D eigenvalue weighted by molar-refractivity contribution is 0.102. The quantitative estimate of drug-likeness (QED) is 0.519. The van der Waals surface area contributed by atoms with Crippen LogP contribution in [-0.4, -0.2) is 28.5 Å². The van der Waals surface area contributed by atoms with Crippen molar-refractivity contribution in [1.82, 2.24) is 15.3 Å². The Bertz CT molecular complexity index is 1010. The molecule has 0 unspecified atom stereocenters. The van der Waals surface area contributed by atoms with Crippen LogP contribution >= 0.6 is 24.8 Å². The summed E-state index contributed by atoms with van der Waals surface area (Å²) in [4.78, 5) is 21.2. The number of hydrogen-bond acceptors (Lipinski definition) is 4. The van der Waals surface area contributed by atoms with Crippen LogP contribution in [0.4, 0.5) is 5.69 Å². The van der Waals surface area contributed by atoms with Gasteiger partial charge in [-0.15, -0.1) is 24.8 Å². The number of carbonyl (C=O) groups excluding carboxylic acids is 1. The molecule has 0 radical (unpaired) electrons. The molecule has 2 N–H and O–H groups in total. The van der Waals surface area contributed by atoms with Crippen LogP contribution in [0, 0.1) is 5.92 Å². The van der Waals surface area contributed by atoms with Gasteiger partial charge >= 0.3 is 0 Å². The third kappa shape index (κ3) is 5.82. The highest BCUT2D eigenvalue weighted by molar-refractivity contribution is 6.04. The first-order chi connectivity index (χ1) is 14.3. The van der Waals surface area contributed by atoms with Gasteiger partial charge in [-0.3, -0.25) is 4.79 Å². The van der Waals surface area contributed by atoms with Crippen molar-refractivity contribution < 1.29 is 4.79 Å². The van der Waals surface area contributed by atoms with Crippen molar-refractivity contribution in [1.29, 1.82) is 0 Å². The number of carbonyl (C=O) groups is 1. The monoisotopic (exact) mass is 456 g/mol. The highest BCUT2D eigenvalue weighted by Gasteiger charge is 2.39. The molecule has 0 spiro atoms. The average Bonchev–Trinajstić information content (AvgIpc) is 3.69. The van der Waals surface area contributed by atoms with Gasteiger partial charge < -0.3 is 10.6 Å². The number of anilines is 1. The highest BCUT2D eigenvalue weighted by atomic mass is 35.5. The fourth-order valence-corrected chi connectivity index (χ4v) is 3.69. The lowest BCUT2D eigenvalue weighted by Gasteiger charge is -2.08. The van der Waals surface area contributed by atoms with E-state index in [4.69, 9.17) is 0 Å². The number of hydrogen-bond donors (Lipinski definition) is 2. The van der Waals surface area contributed by atoms with E-state index in [1.54, 1.807) is 18.5 Å². The Balaban J connectivity index is 0.00000136. The van der Waals surface area contributed by atoms with Gasteiger partial charge in [0.25, 0.3) is 5.91 Å². The predicted molar refractivity (Wildman–Crippen MR) is 128 cm³/mol. The molecule has 31 heavy (non-hydrogen) atoms. The van der Waals surface area contributed by atoms with Crippen molar-refractivity contribution in [2.75, 3.05) is 11.9 Å². The van der Waals surface area contributed by atoms with E-state index in [-0.39, 0.29) is 30.7 Å². The second kappa shape index (κ2) is 10.2. The Morgan fingerprint density at radius 1 is 0.968 bits per heavy atom. The molecule has 1 amide bonds. The molecule has 5 rings (SSSR count). The Morgan fingerprint density at radius 2 is 1.71 bits per heavy atom. The van der Waals surface area contributed by atoms with E-state index in [0.717, 1.165) is 23.7 Å². The van der Waals surface area contributed by atoms with E-state index in [2.05, 4.69) is 26.7 Å². The third-order valence-corrected chi connectivity index (χ3v) is 5.70. The average molecular weight is 457 g/mol. The van der Waals surface area contributed by atoms with E-state index in [9.17, 15) is 4.79 Å². The van der Waals surface area contributed by atoms with Gasteiger partial charge in [0.1, 0.15) is 0 Å². The van der Waals surface area contributed by atoms with E-state index in [0.29, 0.717) is 23.3 Å². The minimum absolute atomic E-state index is 0. The molecule has 2 fully saturated rings. The highest BCUT2D eigenvalue weighted by Crippen LogP contribution is 2.41. The van der Waals surface area contributed by atoms with Crippen molar-refractivity contribution in [2.24, 2.45) is 5.92 Å². The number of aromatic nitrogens is 2. The smallest absolute Gasteiger partial charge is 0.255 e. The Kier molecular flexibility index (Phi) is 7.65. The molecule has 0 saturated heterocycles. The summed E-state index contributed by atoms with van der Waals surface area (Å²) in [6.45, 7) is 1.14. The van der Waals surface area contributed by atoms with E-state index in [1.807, 2.05) is 42.5 Å².